The molecule has 3 aliphatic heterocycles. The average molecular weight is 336 g/mol. The minimum atomic E-state index is -0.323. The van der Waals surface area contributed by atoms with Crippen LogP contribution in [0.1, 0.15) is 30.0 Å². The molecule has 0 aromatic heterocycles. The number of carbonyl (C=O) groups is 1. The summed E-state index contributed by atoms with van der Waals surface area (Å²) in [6.45, 7) is 3.16. The van der Waals surface area contributed by atoms with E-state index in [0.717, 1.165) is 43.6 Å². The third-order valence-electron chi connectivity index (χ3n) is 5.38. The lowest BCUT2D eigenvalue weighted by molar-refractivity contribution is -0.0336. The lowest BCUT2D eigenvalue weighted by Crippen LogP contribution is -2.52. The summed E-state index contributed by atoms with van der Waals surface area (Å²) in [6.07, 6.45) is 1.98. The minimum absolute atomic E-state index is 0.0229. The quantitative estimate of drug-likeness (QED) is 0.927. The van der Waals surface area contributed by atoms with Crippen LogP contribution in [-0.2, 0) is 4.74 Å². The molecule has 4 nitrogen and oxygen atoms in total. The van der Waals surface area contributed by atoms with Crippen molar-refractivity contribution in [2.45, 2.75) is 25.0 Å². The van der Waals surface area contributed by atoms with Gasteiger partial charge in [-0.25, -0.2) is 4.79 Å². The molecular weight excluding hydrogens is 312 g/mol. The molecule has 1 N–H and O–H groups in total. The summed E-state index contributed by atoms with van der Waals surface area (Å²) >= 11 is 0. The topological polar surface area (TPSA) is 41.6 Å². The van der Waals surface area contributed by atoms with E-state index in [1.807, 2.05) is 60.7 Å². The molecule has 5 rings (SSSR count). The van der Waals surface area contributed by atoms with Gasteiger partial charge in [0.25, 0.3) is 0 Å². The summed E-state index contributed by atoms with van der Waals surface area (Å²) in [4.78, 5) is 15.0. The number of nitrogens with one attached hydrogen (secondary N) is 1. The Labute approximate surface area is 148 Å². The summed E-state index contributed by atoms with van der Waals surface area (Å²) in [7, 11) is 0. The highest BCUT2D eigenvalue weighted by Crippen LogP contribution is 2.30. The van der Waals surface area contributed by atoms with Crippen LogP contribution in [0.25, 0.3) is 0 Å². The molecule has 1 amide bonds. The number of hydrogen-bond donors (Lipinski definition) is 1. The van der Waals surface area contributed by atoms with Gasteiger partial charge in [0.05, 0.1) is 6.04 Å². The maximum atomic E-state index is 12.6. The second-order valence-corrected chi connectivity index (χ2v) is 6.98. The zero-order chi connectivity index (χ0) is 17.1. The van der Waals surface area contributed by atoms with Crippen LogP contribution >= 0.6 is 0 Å². The fourth-order valence-electron chi connectivity index (χ4n) is 3.98. The summed E-state index contributed by atoms with van der Waals surface area (Å²) < 4.78 is 5.81. The molecule has 4 heteroatoms. The van der Waals surface area contributed by atoms with E-state index in [9.17, 15) is 4.79 Å². The van der Waals surface area contributed by atoms with Crippen molar-refractivity contribution in [3.8, 4) is 0 Å². The molecule has 3 fully saturated rings. The normalized spacial score (nSPS) is 24.9. The highest BCUT2D eigenvalue weighted by atomic mass is 16.6. The first kappa shape index (κ1) is 16.2. The molecule has 3 saturated heterocycles. The molecule has 2 aromatic rings. The van der Waals surface area contributed by atoms with Crippen molar-refractivity contribution in [1.82, 2.24) is 10.2 Å². The van der Waals surface area contributed by atoms with Gasteiger partial charge in [-0.3, -0.25) is 4.90 Å². The molecule has 3 aliphatic rings. The smallest absolute Gasteiger partial charge is 0.408 e. The van der Waals surface area contributed by atoms with Gasteiger partial charge in [0, 0.05) is 6.54 Å². The molecule has 25 heavy (non-hydrogen) atoms. The predicted octanol–water partition coefficient (Wildman–Crippen LogP) is 3.60. The Morgan fingerprint density at radius 2 is 1.52 bits per heavy atom. The Morgan fingerprint density at radius 3 is 2.00 bits per heavy atom. The van der Waals surface area contributed by atoms with Gasteiger partial charge >= 0.3 is 6.09 Å². The first-order valence-electron chi connectivity index (χ1n) is 9.09. The Balaban J connectivity index is 1.48. The van der Waals surface area contributed by atoms with Crippen LogP contribution in [0, 0.1) is 5.92 Å². The van der Waals surface area contributed by atoms with Gasteiger partial charge in [-0.15, -0.1) is 0 Å². The van der Waals surface area contributed by atoms with Crippen LogP contribution in [-0.4, -0.2) is 36.7 Å². The van der Waals surface area contributed by atoms with Crippen molar-refractivity contribution >= 4 is 6.09 Å². The van der Waals surface area contributed by atoms with E-state index in [-0.39, 0.29) is 18.2 Å². The van der Waals surface area contributed by atoms with Crippen LogP contribution in [0.4, 0.5) is 4.79 Å². The van der Waals surface area contributed by atoms with E-state index in [2.05, 4.69) is 10.2 Å². The zero-order valence-electron chi connectivity index (χ0n) is 14.3. The van der Waals surface area contributed by atoms with Crippen LogP contribution in [0.2, 0.25) is 0 Å². The van der Waals surface area contributed by atoms with E-state index in [0.29, 0.717) is 5.92 Å². The monoisotopic (exact) mass is 336 g/mol. The lowest BCUT2D eigenvalue weighted by atomic mass is 9.86. The predicted molar refractivity (Wildman–Crippen MR) is 97.3 cm³/mol. The molecule has 0 spiro atoms. The fraction of sp³-hybridized carbons (Fsp3) is 0.381. The van der Waals surface area contributed by atoms with E-state index in [1.165, 1.54) is 0 Å². The minimum Gasteiger partial charge on any atom is -0.445 e. The van der Waals surface area contributed by atoms with E-state index < -0.39 is 0 Å². The highest BCUT2D eigenvalue weighted by Gasteiger charge is 2.36. The fourth-order valence-corrected chi connectivity index (χ4v) is 3.98. The van der Waals surface area contributed by atoms with Crippen molar-refractivity contribution in [3.05, 3.63) is 71.8 Å². The first-order valence-corrected chi connectivity index (χ1v) is 9.09. The number of carbonyl (C=O) groups excluding carboxylic acids is 1. The van der Waals surface area contributed by atoms with Crippen LogP contribution in [0.5, 0.6) is 0 Å². The van der Waals surface area contributed by atoms with Crippen LogP contribution < -0.4 is 5.32 Å². The Kier molecular flexibility index (Phi) is 4.70. The highest BCUT2D eigenvalue weighted by molar-refractivity contribution is 5.69. The molecule has 130 valence electrons. The first-order chi connectivity index (χ1) is 12.3. The number of piperidine rings is 3. The Hall–Kier alpha value is -2.33. The van der Waals surface area contributed by atoms with Crippen molar-refractivity contribution in [3.63, 3.8) is 0 Å². The number of amides is 1. The van der Waals surface area contributed by atoms with Gasteiger partial charge in [-0.2, -0.15) is 0 Å². The second-order valence-electron chi connectivity index (χ2n) is 6.98. The van der Waals surface area contributed by atoms with E-state index in [4.69, 9.17) is 4.74 Å². The molecule has 1 unspecified atom stereocenters. The van der Waals surface area contributed by atoms with Crippen molar-refractivity contribution in [1.29, 1.82) is 0 Å². The van der Waals surface area contributed by atoms with Crippen molar-refractivity contribution in [2.75, 3.05) is 19.6 Å². The van der Waals surface area contributed by atoms with Gasteiger partial charge in [0.2, 0.25) is 0 Å². The largest absolute Gasteiger partial charge is 0.445 e. The molecule has 2 bridgehead atoms. The number of alkyl carbamates (subject to hydrolysis) is 1. The molecule has 0 radical (unpaired) electrons. The number of ether oxygens (including phenoxy) is 1. The van der Waals surface area contributed by atoms with E-state index in [1.54, 1.807) is 0 Å². The van der Waals surface area contributed by atoms with Gasteiger partial charge in [0.1, 0.15) is 6.10 Å². The second kappa shape index (κ2) is 7.28. The number of hydrogen-bond acceptors (Lipinski definition) is 3. The summed E-state index contributed by atoms with van der Waals surface area (Å²) in [5.41, 5.74) is 2.11. The van der Waals surface area contributed by atoms with Crippen molar-refractivity contribution in [2.24, 2.45) is 5.92 Å². The molecule has 2 aromatic carbocycles. The van der Waals surface area contributed by atoms with E-state index >= 15 is 0 Å². The summed E-state index contributed by atoms with van der Waals surface area (Å²) in [6, 6.07) is 19.9. The standard InChI is InChI=1S/C21H24N2O2/c24-21(25-19-15-23-13-11-16(19)12-14-23)22-20(17-7-3-1-4-8-17)18-9-5-2-6-10-18/h1-10,16,19-20H,11-15H2,(H,22,24). The molecule has 0 aliphatic carbocycles. The third-order valence-corrected chi connectivity index (χ3v) is 5.38. The SMILES string of the molecule is O=C(NC(c1ccccc1)c1ccccc1)OC1CN2CCC1CC2. The van der Waals surface area contributed by atoms with Crippen LogP contribution in [0.3, 0.4) is 0 Å². The van der Waals surface area contributed by atoms with Crippen LogP contribution in [0.15, 0.2) is 60.7 Å². The molecular formula is C21H24N2O2. The Bertz CT molecular complexity index is 657. The molecule has 3 heterocycles. The zero-order valence-corrected chi connectivity index (χ0v) is 14.3. The van der Waals surface area contributed by atoms with Gasteiger partial charge in [-0.1, -0.05) is 60.7 Å². The molecule has 0 saturated carbocycles. The Morgan fingerprint density at radius 1 is 0.960 bits per heavy atom. The van der Waals surface area contributed by atoms with Crippen molar-refractivity contribution < 1.29 is 9.53 Å². The third kappa shape index (κ3) is 3.69. The van der Waals surface area contributed by atoms with Gasteiger partial charge < -0.3 is 10.1 Å². The lowest BCUT2D eigenvalue weighted by Gasteiger charge is -2.43. The maximum absolute atomic E-state index is 12.6. The maximum Gasteiger partial charge on any atom is 0.408 e. The molecule has 1 atom stereocenters. The number of nitrogens with zero attached hydrogens (tertiary/aromatic N) is 1. The average Bonchev–Trinajstić information content (AvgIpc) is 2.68. The summed E-state index contributed by atoms with van der Waals surface area (Å²) in [5, 5.41) is 3.08. The number of rotatable bonds is 4. The summed E-state index contributed by atoms with van der Waals surface area (Å²) in [5.74, 6) is 0.516. The van der Waals surface area contributed by atoms with Gasteiger partial charge in [0.15, 0.2) is 0 Å². The number of fused-ring (bicyclic) bond motifs is 3. The number of benzene rings is 2. The van der Waals surface area contributed by atoms with Gasteiger partial charge in [-0.05, 0) is 43.0 Å².